The molecule has 0 aromatic heterocycles. The molecule has 3 N–H and O–H groups in total. The van der Waals surface area contributed by atoms with Crippen molar-refractivity contribution in [1.82, 2.24) is 5.32 Å². The molecule has 0 bridgehead atoms. The quantitative estimate of drug-likeness (QED) is 0.623. The van der Waals surface area contributed by atoms with Gasteiger partial charge in [-0.25, -0.2) is 4.79 Å². The van der Waals surface area contributed by atoms with Crippen LogP contribution in [0.4, 0.5) is 5.69 Å². The standard InChI is InChI=1S/C16H24N2O3/c1-5-12(6-2)18-15(19)11(4)21-16(20)13-9-7-8-10(3)14(13)17/h7-9,11-12H,5-6,17H2,1-4H3,(H,18,19). The Morgan fingerprint density at radius 3 is 2.48 bits per heavy atom. The zero-order chi connectivity index (χ0) is 16.0. The lowest BCUT2D eigenvalue weighted by molar-refractivity contribution is -0.129. The van der Waals surface area contributed by atoms with Crippen molar-refractivity contribution in [1.29, 1.82) is 0 Å². The lowest BCUT2D eigenvalue weighted by Crippen LogP contribution is -2.41. The van der Waals surface area contributed by atoms with Gasteiger partial charge in [0.15, 0.2) is 6.10 Å². The maximum absolute atomic E-state index is 12.1. The van der Waals surface area contributed by atoms with E-state index in [0.29, 0.717) is 5.69 Å². The zero-order valence-electron chi connectivity index (χ0n) is 13.1. The fourth-order valence-electron chi connectivity index (χ4n) is 1.95. The zero-order valence-corrected chi connectivity index (χ0v) is 13.1. The molecule has 1 atom stereocenters. The van der Waals surface area contributed by atoms with Crippen molar-refractivity contribution in [2.45, 2.75) is 52.7 Å². The average molecular weight is 292 g/mol. The molecular formula is C16H24N2O3. The monoisotopic (exact) mass is 292 g/mol. The van der Waals surface area contributed by atoms with Gasteiger partial charge in [0.05, 0.1) is 5.56 Å². The molecule has 1 unspecified atom stereocenters. The summed E-state index contributed by atoms with van der Waals surface area (Å²) in [5, 5.41) is 2.85. The van der Waals surface area contributed by atoms with E-state index in [9.17, 15) is 9.59 Å². The predicted octanol–water partition coefficient (Wildman–Crippen LogP) is 2.43. The number of ether oxygens (including phenoxy) is 1. The normalized spacial score (nSPS) is 12.0. The van der Waals surface area contributed by atoms with Crippen LogP contribution in [0.1, 0.15) is 49.5 Å². The molecule has 1 aromatic rings. The maximum atomic E-state index is 12.1. The number of benzene rings is 1. The molecule has 0 aliphatic carbocycles. The molecule has 0 saturated heterocycles. The SMILES string of the molecule is CCC(CC)NC(=O)C(C)OC(=O)c1cccc(C)c1N. The lowest BCUT2D eigenvalue weighted by Gasteiger charge is -2.19. The van der Waals surface area contributed by atoms with Crippen LogP contribution in [0.2, 0.25) is 0 Å². The number of aryl methyl sites for hydroxylation is 1. The van der Waals surface area contributed by atoms with Crippen LogP contribution in [0.25, 0.3) is 0 Å². The Bertz CT molecular complexity index is 510. The molecule has 0 spiro atoms. The van der Waals surface area contributed by atoms with E-state index in [-0.39, 0.29) is 17.5 Å². The molecule has 116 valence electrons. The van der Waals surface area contributed by atoms with Crippen molar-refractivity contribution in [2.75, 3.05) is 5.73 Å². The molecule has 21 heavy (non-hydrogen) atoms. The Kier molecular flexibility index (Phi) is 6.21. The highest BCUT2D eigenvalue weighted by molar-refractivity contribution is 5.97. The summed E-state index contributed by atoms with van der Waals surface area (Å²) in [6.07, 6.45) is 0.833. The smallest absolute Gasteiger partial charge is 0.341 e. The first-order valence-electron chi connectivity index (χ1n) is 7.27. The Morgan fingerprint density at radius 2 is 1.90 bits per heavy atom. The van der Waals surface area contributed by atoms with Crippen molar-refractivity contribution < 1.29 is 14.3 Å². The number of nitrogen functional groups attached to an aromatic ring is 1. The van der Waals surface area contributed by atoms with Gasteiger partial charge in [-0.3, -0.25) is 4.79 Å². The molecule has 0 aliphatic rings. The van der Waals surface area contributed by atoms with Crippen molar-refractivity contribution in [3.63, 3.8) is 0 Å². The molecule has 0 radical (unpaired) electrons. The van der Waals surface area contributed by atoms with E-state index in [1.54, 1.807) is 19.1 Å². The Labute approximate surface area is 125 Å². The third-order valence-electron chi connectivity index (χ3n) is 3.53. The molecule has 1 aromatic carbocycles. The summed E-state index contributed by atoms with van der Waals surface area (Å²) in [6, 6.07) is 5.24. The van der Waals surface area contributed by atoms with Gasteiger partial charge in [0, 0.05) is 11.7 Å². The first-order chi connectivity index (χ1) is 9.90. The van der Waals surface area contributed by atoms with Gasteiger partial charge >= 0.3 is 5.97 Å². The summed E-state index contributed by atoms with van der Waals surface area (Å²) < 4.78 is 5.19. The lowest BCUT2D eigenvalue weighted by atomic mass is 10.1. The van der Waals surface area contributed by atoms with Gasteiger partial charge in [-0.15, -0.1) is 0 Å². The summed E-state index contributed by atoms with van der Waals surface area (Å²) in [7, 11) is 0. The number of nitrogens with two attached hydrogens (primary N) is 1. The largest absolute Gasteiger partial charge is 0.449 e. The van der Waals surface area contributed by atoms with Crippen LogP contribution < -0.4 is 11.1 Å². The van der Waals surface area contributed by atoms with Crippen molar-refractivity contribution in [3.8, 4) is 0 Å². The minimum Gasteiger partial charge on any atom is -0.449 e. The van der Waals surface area contributed by atoms with Gasteiger partial charge < -0.3 is 15.8 Å². The highest BCUT2D eigenvalue weighted by Gasteiger charge is 2.22. The summed E-state index contributed by atoms with van der Waals surface area (Å²) >= 11 is 0. The van der Waals surface area contributed by atoms with Crippen molar-refractivity contribution >= 4 is 17.6 Å². The highest BCUT2D eigenvalue weighted by Crippen LogP contribution is 2.18. The Morgan fingerprint density at radius 1 is 1.29 bits per heavy atom. The highest BCUT2D eigenvalue weighted by atomic mass is 16.5. The average Bonchev–Trinajstić information content (AvgIpc) is 2.46. The first-order valence-corrected chi connectivity index (χ1v) is 7.27. The number of hydrogen-bond acceptors (Lipinski definition) is 4. The van der Waals surface area contributed by atoms with E-state index in [1.807, 2.05) is 26.8 Å². The Hall–Kier alpha value is -2.04. The molecule has 1 amide bonds. The number of rotatable bonds is 6. The van der Waals surface area contributed by atoms with E-state index in [4.69, 9.17) is 10.5 Å². The molecule has 0 heterocycles. The summed E-state index contributed by atoms with van der Waals surface area (Å²) in [4.78, 5) is 24.0. The number of para-hydroxylation sites is 1. The molecule has 5 nitrogen and oxygen atoms in total. The van der Waals surface area contributed by atoms with Crippen LogP contribution in [0, 0.1) is 6.92 Å². The van der Waals surface area contributed by atoms with Gasteiger partial charge in [-0.2, -0.15) is 0 Å². The fourth-order valence-corrected chi connectivity index (χ4v) is 1.95. The van der Waals surface area contributed by atoms with Crippen LogP contribution in [-0.4, -0.2) is 24.0 Å². The molecule has 0 fully saturated rings. The second-order valence-electron chi connectivity index (χ2n) is 5.11. The molecule has 0 aliphatic heterocycles. The van der Waals surface area contributed by atoms with Crippen LogP contribution in [0.3, 0.4) is 0 Å². The van der Waals surface area contributed by atoms with Gasteiger partial charge in [0.1, 0.15) is 0 Å². The number of amides is 1. The second kappa shape index (κ2) is 7.67. The minimum atomic E-state index is -0.849. The van der Waals surface area contributed by atoms with Crippen molar-refractivity contribution in [3.05, 3.63) is 29.3 Å². The van der Waals surface area contributed by atoms with Gasteiger partial charge in [0.2, 0.25) is 0 Å². The number of carbonyl (C=O) groups is 2. The van der Waals surface area contributed by atoms with Gasteiger partial charge in [-0.05, 0) is 38.3 Å². The molecule has 5 heteroatoms. The fraction of sp³-hybridized carbons (Fsp3) is 0.500. The predicted molar refractivity (Wildman–Crippen MR) is 83.0 cm³/mol. The topological polar surface area (TPSA) is 81.4 Å². The minimum absolute atomic E-state index is 0.0997. The van der Waals surface area contributed by atoms with Crippen molar-refractivity contribution in [2.24, 2.45) is 0 Å². The third-order valence-corrected chi connectivity index (χ3v) is 3.53. The van der Waals surface area contributed by atoms with E-state index < -0.39 is 12.1 Å². The summed E-state index contributed by atoms with van der Waals surface area (Å²) in [5.41, 5.74) is 7.34. The number of hydrogen-bond donors (Lipinski definition) is 2. The van der Waals surface area contributed by atoms with Crippen LogP contribution in [0.15, 0.2) is 18.2 Å². The number of nitrogens with one attached hydrogen (secondary N) is 1. The van der Waals surface area contributed by atoms with Gasteiger partial charge in [-0.1, -0.05) is 26.0 Å². The molecule has 1 rings (SSSR count). The van der Waals surface area contributed by atoms with Gasteiger partial charge in [0.25, 0.3) is 5.91 Å². The summed E-state index contributed by atoms with van der Waals surface area (Å²) in [5.74, 6) is -0.869. The first kappa shape index (κ1) is 17.0. The van der Waals surface area contributed by atoms with E-state index in [0.717, 1.165) is 18.4 Å². The second-order valence-corrected chi connectivity index (χ2v) is 5.11. The van der Waals surface area contributed by atoms with E-state index in [2.05, 4.69) is 5.32 Å². The maximum Gasteiger partial charge on any atom is 0.341 e. The van der Waals surface area contributed by atoms with E-state index >= 15 is 0 Å². The number of esters is 1. The molecular weight excluding hydrogens is 268 g/mol. The Balaban J connectivity index is 2.69. The van der Waals surface area contributed by atoms with E-state index in [1.165, 1.54) is 0 Å². The third kappa shape index (κ3) is 4.48. The number of carbonyl (C=O) groups excluding carboxylic acids is 2. The summed E-state index contributed by atoms with van der Waals surface area (Å²) in [6.45, 7) is 7.37. The molecule has 0 saturated carbocycles. The van der Waals surface area contributed by atoms with Crippen LogP contribution >= 0.6 is 0 Å². The van der Waals surface area contributed by atoms with Crippen LogP contribution in [0.5, 0.6) is 0 Å². The van der Waals surface area contributed by atoms with Crippen LogP contribution in [-0.2, 0) is 9.53 Å². The number of anilines is 1.